The monoisotopic (exact) mass is 424 g/mol. The Labute approximate surface area is 174 Å². The molecule has 0 fully saturated rings. The zero-order valence-corrected chi connectivity index (χ0v) is 17.2. The first-order chi connectivity index (χ1) is 14.3. The quantitative estimate of drug-likeness (QED) is 0.665. The van der Waals surface area contributed by atoms with Crippen LogP contribution in [0.4, 0.5) is 0 Å². The molecule has 1 amide bonds. The minimum absolute atomic E-state index is 0.0237. The van der Waals surface area contributed by atoms with Gasteiger partial charge < -0.3 is 10.2 Å². The Morgan fingerprint density at radius 2 is 1.90 bits per heavy atom. The fourth-order valence-electron chi connectivity index (χ4n) is 3.28. The first-order valence-electron chi connectivity index (χ1n) is 9.25. The highest BCUT2D eigenvalue weighted by molar-refractivity contribution is 7.90. The van der Waals surface area contributed by atoms with E-state index in [-0.39, 0.29) is 29.2 Å². The SMILES string of the molecule is C[C@H](NC(=O)CN(C)C1=NS(=O)(=O)c2ccccc21)c1ccc(-n2cncn2)cc1. The van der Waals surface area contributed by atoms with Gasteiger partial charge in [0.2, 0.25) is 5.91 Å². The number of likely N-dealkylation sites (N-methyl/N-ethyl adjacent to an activating group) is 1. The molecule has 0 spiro atoms. The molecule has 1 N–H and O–H groups in total. The van der Waals surface area contributed by atoms with Gasteiger partial charge >= 0.3 is 0 Å². The van der Waals surface area contributed by atoms with Crippen LogP contribution in [0.1, 0.15) is 24.1 Å². The summed E-state index contributed by atoms with van der Waals surface area (Å²) in [6.45, 7) is 1.86. The number of fused-ring (bicyclic) bond motifs is 1. The molecule has 1 aliphatic heterocycles. The minimum Gasteiger partial charge on any atom is -0.349 e. The van der Waals surface area contributed by atoms with Crippen LogP contribution in [0.5, 0.6) is 0 Å². The maximum Gasteiger partial charge on any atom is 0.285 e. The van der Waals surface area contributed by atoms with Gasteiger partial charge in [0.15, 0.2) is 5.84 Å². The molecule has 0 saturated heterocycles. The van der Waals surface area contributed by atoms with Gasteiger partial charge in [-0.05, 0) is 36.8 Å². The van der Waals surface area contributed by atoms with Crippen LogP contribution in [0.2, 0.25) is 0 Å². The van der Waals surface area contributed by atoms with Crippen molar-refractivity contribution in [3.8, 4) is 5.69 Å². The summed E-state index contributed by atoms with van der Waals surface area (Å²) in [7, 11) is -2.07. The molecule has 0 radical (unpaired) electrons. The maximum atomic E-state index is 12.5. The molecular formula is C20H20N6O3S. The van der Waals surface area contributed by atoms with E-state index < -0.39 is 10.0 Å². The van der Waals surface area contributed by atoms with E-state index >= 15 is 0 Å². The van der Waals surface area contributed by atoms with Crippen molar-refractivity contribution in [2.24, 2.45) is 4.40 Å². The van der Waals surface area contributed by atoms with Crippen molar-refractivity contribution in [3.05, 3.63) is 72.3 Å². The molecule has 3 aromatic rings. The molecule has 0 aliphatic carbocycles. The van der Waals surface area contributed by atoms with E-state index in [0.717, 1.165) is 11.3 Å². The summed E-state index contributed by atoms with van der Waals surface area (Å²) in [6.07, 6.45) is 3.08. The Hall–Kier alpha value is -3.53. The lowest BCUT2D eigenvalue weighted by molar-refractivity contribution is -0.121. The topological polar surface area (TPSA) is 110 Å². The maximum absolute atomic E-state index is 12.5. The number of amidine groups is 1. The van der Waals surface area contributed by atoms with Crippen LogP contribution in [-0.2, 0) is 14.8 Å². The molecule has 9 nitrogen and oxygen atoms in total. The van der Waals surface area contributed by atoms with Gasteiger partial charge in [-0.2, -0.15) is 13.5 Å². The average molecular weight is 424 g/mol. The number of amides is 1. The summed E-state index contributed by atoms with van der Waals surface area (Å²) in [5.41, 5.74) is 2.30. The molecule has 1 aromatic heterocycles. The Balaban J connectivity index is 1.41. The normalized spacial score (nSPS) is 15.2. The standard InChI is InChI=1S/C20H20N6O3S/c1-14(15-7-9-16(10-8-15)26-13-21-12-22-26)23-19(27)11-25(2)20-17-5-3-4-6-18(17)30(28,29)24-20/h3-10,12-14H,11H2,1-2H3,(H,23,27)/t14-/m0/s1. The second kappa shape index (κ2) is 7.71. The van der Waals surface area contributed by atoms with Gasteiger partial charge in [-0.25, -0.2) is 9.67 Å². The molecule has 1 atom stereocenters. The van der Waals surface area contributed by atoms with Gasteiger partial charge in [-0.1, -0.05) is 24.3 Å². The zero-order chi connectivity index (χ0) is 21.3. The summed E-state index contributed by atoms with van der Waals surface area (Å²) in [5, 5.41) is 7.01. The summed E-state index contributed by atoms with van der Waals surface area (Å²) in [5.74, 6) is 0.0282. The van der Waals surface area contributed by atoms with Crippen LogP contribution in [0.3, 0.4) is 0 Å². The largest absolute Gasteiger partial charge is 0.349 e. The second-order valence-corrected chi connectivity index (χ2v) is 8.54. The van der Waals surface area contributed by atoms with Gasteiger partial charge in [-0.3, -0.25) is 4.79 Å². The number of sulfonamides is 1. The van der Waals surface area contributed by atoms with E-state index in [1.807, 2.05) is 31.2 Å². The Kier molecular flexibility index (Phi) is 5.08. The molecule has 30 heavy (non-hydrogen) atoms. The number of aromatic nitrogens is 3. The number of nitrogens with zero attached hydrogens (tertiary/aromatic N) is 5. The number of rotatable bonds is 5. The summed E-state index contributed by atoms with van der Waals surface area (Å²) in [6, 6.07) is 14.0. The van der Waals surface area contributed by atoms with Crippen molar-refractivity contribution in [3.63, 3.8) is 0 Å². The number of nitrogens with one attached hydrogen (secondary N) is 1. The van der Waals surface area contributed by atoms with Crippen LogP contribution in [0.25, 0.3) is 5.69 Å². The Morgan fingerprint density at radius 1 is 1.17 bits per heavy atom. The molecule has 1 aliphatic rings. The third-order valence-electron chi connectivity index (χ3n) is 4.81. The van der Waals surface area contributed by atoms with E-state index in [1.165, 1.54) is 12.4 Å². The van der Waals surface area contributed by atoms with Gasteiger partial charge in [0.05, 0.1) is 18.3 Å². The molecule has 10 heteroatoms. The predicted molar refractivity (Wildman–Crippen MR) is 111 cm³/mol. The molecule has 0 saturated carbocycles. The van der Waals surface area contributed by atoms with Gasteiger partial charge in [0, 0.05) is 12.6 Å². The molecule has 0 bridgehead atoms. The van der Waals surface area contributed by atoms with E-state index in [1.54, 1.807) is 41.2 Å². The molecular weight excluding hydrogens is 404 g/mol. The first kappa shape index (κ1) is 19.8. The number of carbonyl (C=O) groups is 1. The van der Waals surface area contributed by atoms with Gasteiger partial charge in [0.25, 0.3) is 10.0 Å². The smallest absolute Gasteiger partial charge is 0.285 e. The highest BCUT2D eigenvalue weighted by atomic mass is 32.2. The fraction of sp³-hybridized carbons (Fsp3) is 0.200. The number of benzene rings is 2. The second-order valence-electron chi connectivity index (χ2n) is 6.96. The van der Waals surface area contributed by atoms with Crippen LogP contribution >= 0.6 is 0 Å². The van der Waals surface area contributed by atoms with Crippen LogP contribution in [0.15, 0.2) is 70.5 Å². The van der Waals surface area contributed by atoms with Crippen molar-refractivity contribution in [2.45, 2.75) is 17.9 Å². The molecule has 4 rings (SSSR count). The first-order valence-corrected chi connectivity index (χ1v) is 10.7. The van der Waals surface area contributed by atoms with Crippen LogP contribution < -0.4 is 5.32 Å². The highest BCUT2D eigenvalue weighted by Gasteiger charge is 2.31. The van der Waals surface area contributed by atoms with Gasteiger partial charge in [0.1, 0.15) is 17.6 Å². The third kappa shape index (κ3) is 3.81. The van der Waals surface area contributed by atoms with Crippen molar-refractivity contribution >= 4 is 21.8 Å². The summed E-state index contributed by atoms with van der Waals surface area (Å²) in [4.78, 5) is 18.2. The number of hydrogen-bond donors (Lipinski definition) is 1. The van der Waals surface area contributed by atoms with Crippen LogP contribution in [0, 0.1) is 0 Å². The lowest BCUT2D eigenvalue weighted by Crippen LogP contribution is -2.39. The number of hydrogen-bond acceptors (Lipinski definition) is 6. The van der Waals surface area contributed by atoms with Crippen molar-refractivity contribution < 1.29 is 13.2 Å². The van der Waals surface area contributed by atoms with Gasteiger partial charge in [-0.15, -0.1) is 4.40 Å². The lowest BCUT2D eigenvalue weighted by Gasteiger charge is -2.21. The molecule has 0 unspecified atom stereocenters. The molecule has 154 valence electrons. The molecule has 2 heterocycles. The molecule has 2 aromatic carbocycles. The minimum atomic E-state index is -3.72. The Bertz CT molecular complexity index is 1200. The van der Waals surface area contributed by atoms with E-state index in [2.05, 4.69) is 19.8 Å². The fourth-order valence-corrected chi connectivity index (χ4v) is 4.53. The average Bonchev–Trinajstić information content (AvgIpc) is 3.35. The number of carbonyl (C=O) groups excluding carboxylic acids is 1. The predicted octanol–water partition coefficient (Wildman–Crippen LogP) is 1.53. The van der Waals surface area contributed by atoms with Crippen molar-refractivity contribution in [1.29, 1.82) is 0 Å². The Morgan fingerprint density at radius 3 is 2.60 bits per heavy atom. The zero-order valence-electron chi connectivity index (χ0n) is 16.4. The van der Waals surface area contributed by atoms with Crippen molar-refractivity contribution in [2.75, 3.05) is 13.6 Å². The summed E-state index contributed by atoms with van der Waals surface area (Å²) < 4.78 is 29.9. The van der Waals surface area contributed by atoms with E-state index in [9.17, 15) is 13.2 Å². The highest BCUT2D eigenvalue weighted by Crippen LogP contribution is 2.26. The van der Waals surface area contributed by atoms with Crippen molar-refractivity contribution in [1.82, 2.24) is 25.0 Å². The summed E-state index contributed by atoms with van der Waals surface area (Å²) >= 11 is 0. The third-order valence-corrected chi connectivity index (χ3v) is 6.13. The van der Waals surface area contributed by atoms with E-state index in [4.69, 9.17) is 0 Å². The van der Waals surface area contributed by atoms with E-state index in [0.29, 0.717) is 5.56 Å². The van der Waals surface area contributed by atoms with Crippen LogP contribution in [-0.4, -0.2) is 53.4 Å². The lowest BCUT2D eigenvalue weighted by atomic mass is 10.1.